The Bertz CT molecular complexity index is 1220. The summed E-state index contributed by atoms with van der Waals surface area (Å²) in [5.41, 5.74) is 2.11. The first-order valence-corrected chi connectivity index (χ1v) is 12.5. The van der Waals surface area contributed by atoms with Crippen LogP contribution in [0.3, 0.4) is 0 Å². The van der Waals surface area contributed by atoms with Gasteiger partial charge < -0.3 is 14.7 Å². The Morgan fingerprint density at radius 3 is 2.33 bits per heavy atom. The zero-order valence-electron chi connectivity index (χ0n) is 19.6. The molecule has 188 valence electrons. The highest BCUT2D eigenvalue weighted by molar-refractivity contribution is 6.30. The average molecular weight is 530 g/mol. The van der Waals surface area contributed by atoms with E-state index in [1.165, 1.54) is 17.0 Å². The number of rotatable bonds is 8. The van der Waals surface area contributed by atoms with Crippen molar-refractivity contribution in [1.82, 2.24) is 4.90 Å². The summed E-state index contributed by atoms with van der Waals surface area (Å²) in [5, 5.41) is 11.2. The van der Waals surface area contributed by atoms with Gasteiger partial charge in [-0.05, 0) is 59.5 Å². The van der Waals surface area contributed by atoms with Gasteiger partial charge in [0.2, 0.25) is 0 Å². The van der Waals surface area contributed by atoms with Crippen molar-refractivity contribution in [3.8, 4) is 0 Å². The van der Waals surface area contributed by atoms with Gasteiger partial charge >= 0.3 is 5.97 Å². The number of aliphatic carboxylic acids is 1. The number of amides is 1. The molecule has 1 fully saturated rings. The Labute approximate surface area is 219 Å². The lowest BCUT2D eigenvalue weighted by atomic mass is 9.88. The largest absolute Gasteiger partial charge is 0.480 e. The van der Waals surface area contributed by atoms with Crippen molar-refractivity contribution < 1.29 is 23.8 Å². The fourth-order valence-electron chi connectivity index (χ4n) is 4.67. The number of benzene rings is 3. The van der Waals surface area contributed by atoms with Gasteiger partial charge in [-0.1, -0.05) is 72.9 Å². The molecule has 1 saturated heterocycles. The summed E-state index contributed by atoms with van der Waals surface area (Å²) in [4.78, 5) is 27.8. The van der Waals surface area contributed by atoms with Crippen molar-refractivity contribution in [2.45, 2.75) is 50.5 Å². The molecule has 4 atom stereocenters. The molecule has 0 saturated carbocycles. The molecule has 36 heavy (non-hydrogen) atoms. The molecule has 0 spiro atoms. The number of carboxylic acids is 1. The third-order valence-corrected chi connectivity index (χ3v) is 6.82. The topological polar surface area (TPSA) is 66.8 Å². The minimum Gasteiger partial charge on any atom is -0.480 e. The van der Waals surface area contributed by atoms with Crippen molar-refractivity contribution >= 4 is 35.1 Å². The molecule has 1 aliphatic rings. The lowest BCUT2D eigenvalue weighted by molar-refractivity contribution is -0.184. The van der Waals surface area contributed by atoms with Crippen LogP contribution in [-0.2, 0) is 20.7 Å². The van der Waals surface area contributed by atoms with Gasteiger partial charge in [0.05, 0.1) is 6.04 Å². The Hall–Kier alpha value is -2.93. The molecule has 1 heterocycles. The van der Waals surface area contributed by atoms with Crippen LogP contribution >= 0.6 is 23.2 Å². The van der Waals surface area contributed by atoms with Crippen molar-refractivity contribution in [2.24, 2.45) is 0 Å². The Kier molecular flexibility index (Phi) is 8.29. The summed E-state index contributed by atoms with van der Waals surface area (Å²) in [6.45, 7) is 1.88. The van der Waals surface area contributed by atoms with Crippen LogP contribution in [-0.4, -0.2) is 34.0 Å². The number of halogens is 3. The Morgan fingerprint density at radius 1 is 1.03 bits per heavy atom. The van der Waals surface area contributed by atoms with Crippen molar-refractivity contribution in [2.75, 3.05) is 0 Å². The van der Waals surface area contributed by atoms with E-state index in [2.05, 4.69) is 0 Å². The van der Waals surface area contributed by atoms with E-state index in [1.54, 1.807) is 54.6 Å². The smallest absolute Gasteiger partial charge is 0.326 e. The molecule has 0 aromatic heterocycles. The summed E-state index contributed by atoms with van der Waals surface area (Å²) < 4.78 is 19.9. The molecule has 1 amide bonds. The summed E-state index contributed by atoms with van der Waals surface area (Å²) in [6, 6.07) is 18.1. The number of carboxylic acid groups (broad SMARTS) is 1. The van der Waals surface area contributed by atoms with Gasteiger partial charge in [-0.15, -0.1) is 0 Å². The van der Waals surface area contributed by atoms with Crippen LogP contribution in [0.1, 0.15) is 48.6 Å². The van der Waals surface area contributed by atoms with Crippen molar-refractivity contribution in [3.05, 3.63) is 105 Å². The summed E-state index contributed by atoms with van der Waals surface area (Å²) in [5.74, 6) is -1.90. The van der Waals surface area contributed by atoms with E-state index < -0.39 is 36.2 Å². The van der Waals surface area contributed by atoms with E-state index in [-0.39, 0.29) is 18.7 Å². The molecule has 0 aliphatic carbocycles. The number of carbonyl (C=O) groups is 2. The number of hydrogen-bond acceptors (Lipinski definition) is 3. The SMILES string of the molecule is CCC[C@@H](C(=O)O)N1C(=O)C(Cc2ccc(F)cc2)O[C@H](c2cccc(Cl)c2)[C@@H]1c1ccc(Cl)cc1. The number of nitrogens with zero attached hydrogens (tertiary/aromatic N) is 1. The zero-order chi connectivity index (χ0) is 25.8. The molecular weight excluding hydrogens is 504 g/mol. The number of hydrogen-bond donors (Lipinski definition) is 1. The van der Waals surface area contributed by atoms with Gasteiger partial charge in [0.15, 0.2) is 0 Å². The molecule has 5 nitrogen and oxygen atoms in total. The summed E-state index contributed by atoms with van der Waals surface area (Å²) in [6.07, 6.45) is -0.664. The van der Waals surface area contributed by atoms with Gasteiger partial charge in [0, 0.05) is 16.5 Å². The van der Waals surface area contributed by atoms with Crippen molar-refractivity contribution in [1.29, 1.82) is 0 Å². The van der Waals surface area contributed by atoms with E-state index in [9.17, 15) is 19.1 Å². The maximum absolute atomic E-state index is 13.9. The molecule has 1 unspecified atom stereocenters. The van der Waals surface area contributed by atoms with Crippen LogP contribution in [0.15, 0.2) is 72.8 Å². The number of morpholine rings is 1. The fourth-order valence-corrected chi connectivity index (χ4v) is 5.00. The lowest BCUT2D eigenvalue weighted by Crippen LogP contribution is -2.57. The molecule has 3 aromatic carbocycles. The second kappa shape index (κ2) is 11.4. The van der Waals surface area contributed by atoms with Gasteiger partial charge in [-0.2, -0.15) is 0 Å². The highest BCUT2D eigenvalue weighted by Crippen LogP contribution is 2.44. The minimum atomic E-state index is -1.09. The van der Waals surface area contributed by atoms with Gasteiger partial charge in [0.25, 0.3) is 5.91 Å². The van der Waals surface area contributed by atoms with Crippen LogP contribution in [0.5, 0.6) is 0 Å². The monoisotopic (exact) mass is 529 g/mol. The first-order valence-electron chi connectivity index (χ1n) is 11.7. The quantitative estimate of drug-likeness (QED) is 0.355. The molecule has 1 aliphatic heterocycles. The number of carbonyl (C=O) groups excluding carboxylic acids is 1. The molecule has 0 bridgehead atoms. The van der Waals surface area contributed by atoms with Crippen LogP contribution in [0.4, 0.5) is 4.39 Å². The molecular formula is C28H26Cl2FNO4. The lowest BCUT2D eigenvalue weighted by Gasteiger charge is -2.47. The van der Waals surface area contributed by atoms with Crippen molar-refractivity contribution in [3.63, 3.8) is 0 Å². The Morgan fingerprint density at radius 2 is 1.72 bits per heavy atom. The first kappa shape index (κ1) is 26.1. The predicted octanol–water partition coefficient (Wildman–Crippen LogP) is 6.64. The maximum atomic E-state index is 13.9. The fraction of sp³-hybridized carbons (Fsp3) is 0.286. The van der Waals surface area contributed by atoms with Crippen LogP contribution in [0.2, 0.25) is 10.0 Å². The predicted molar refractivity (Wildman–Crippen MR) is 137 cm³/mol. The molecule has 8 heteroatoms. The third-order valence-electron chi connectivity index (χ3n) is 6.33. The second-order valence-electron chi connectivity index (χ2n) is 8.82. The van der Waals surface area contributed by atoms with E-state index in [4.69, 9.17) is 27.9 Å². The van der Waals surface area contributed by atoms with Gasteiger partial charge in [-0.3, -0.25) is 4.79 Å². The highest BCUT2D eigenvalue weighted by atomic mass is 35.5. The number of ether oxygens (including phenoxy) is 1. The third kappa shape index (κ3) is 5.72. The van der Waals surface area contributed by atoms with E-state index in [0.717, 1.165) is 0 Å². The second-order valence-corrected chi connectivity index (χ2v) is 9.69. The normalized spacial score (nSPS) is 20.8. The zero-order valence-corrected chi connectivity index (χ0v) is 21.1. The minimum absolute atomic E-state index is 0.165. The van der Waals surface area contributed by atoms with Gasteiger partial charge in [0.1, 0.15) is 24.1 Å². The first-order chi connectivity index (χ1) is 17.3. The Balaban J connectivity index is 1.85. The molecule has 1 N–H and O–H groups in total. The average Bonchev–Trinajstić information content (AvgIpc) is 2.85. The van der Waals surface area contributed by atoms with E-state index in [1.807, 2.05) is 13.0 Å². The van der Waals surface area contributed by atoms with E-state index in [0.29, 0.717) is 33.2 Å². The summed E-state index contributed by atoms with van der Waals surface area (Å²) in [7, 11) is 0. The van der Waals surface area contributed by atoms with Gasteiger partial charge in [-0.25, -0.2) is 9.18 Å². The van der Waals surface area contributed by atoms with E-state index >= 15 is 0 Å². The molecule has 4 rings (SSSR count). The van der Waals surface area contributed by atoms with Crippen LogP contribution in [0, 0.1) is 5.82 Å². The summed E-state index contributed by atoms with van der Waals surface area (Å²) >= 11 is 12.4. The molecule has 0 radical (unpaired) electrons. The van der Waals surface area contributed by atoms with Crippen LogP contribution in [0.25, 0.3) is 0 Å². The van der Waals surface area contributed by atoms with Crippen LogP contribution < -0.4 is 0 Å². The standard InChI is InChI=1S/C28H26Cl2FNO4/c1-2-4-23(28(34)35)32-25(18-9-11-20(29)12-10-18)26(19-5-3-6-21(30)16-19)36-24(27(32)33)15-17-7-13-22(31)14-8-17/h3,5-14,16,23-26H,2,4,15H2,1H3,(H,34,35)/t23-,24?,25-,26+/m0/s1. The highest BCUT2D eigenvalue weighted by Gasteiger charge is 2.48. The molecule has 3 aromatic rings. The maximum Gasteiger partial charge on any atom is 0.326 e.